The number of nitrogens with one attached hydrogen (secondary N) is 1. The van der Waals surface area contributed by atoms with E-state index in [0.717, 1.165) is 19.5 Å². The molecule has 0 spiro atoms. The van der Waals surface area contributed by atoms with Crippen LogP contribution < -0.4 is 5.32 Å². The third kappa shape index (κ3) is 3.98. The summed E-state index contributed by atoms with van der Waals surface area (Å²) in [6.07, 6.45) is 5.48. The average Bonchev–Trinajstić information content (AvgIpc) is 2.65. The van der Waals surface area contributed by atoms with Crippen molar-refractivity contribution in [2.75, 3.05) is 13.1 Å². The molecule has 0 aliphatic rings. The van der Waals surface area contributed by atoms with Crippen LogP contribution in [0.3, 0.4) is 0 Å². The van der Waals surface area contributed by atoms with Crippen molar-refractivity contribution >= 4 is 6.08 Å². The molecule has 18 heavy (non-hydrogen) atoms. The van der Waals surface area contributed by atoms with Gasteiger partial charge in [-0.15, -0.1) is 0 Å². The summed E-state index contributed by atoms with van der Waals surface area (Å²) in [5, 5.41) is 7.99. The Bertz CT molecular complexity index is 408. The van der Waals surface area contributed by atoms with E-state index in [-0.39, 0.29) is 5.41 Å². The van der Waals surface area contributed by atoms with Crippen molar-refractivity contribution < 1.29 is 0 Å². The van der Waals surface area contributed by atoms with Gasteiger partial charge in [0.05, 0.1) is 5.69 Å². The summed E-state index contributed by atoms with van der Waals surface area (Å²) in [5.41, 5.74) is 3.94. The van der Waals surface area contributed by atoms with Gasteiger partial charge in [0.1, 0.15) is 0 Å². The molecule has 3 heteroatoms. The second kappa shape index (κ2) is 6.19. The van der Waals surface area contributed by atoms with Crippen molar-refractivity contribution in [3.8, 4) is 0 Å². The lowest BCUT2D eigenvalue weighted by molar-refractivity contribution is 0.552. The van der Waals surface area contributed by atoms with Gasteiger partial charge in [0.2, 0.25) is 0 Å². The molecular weight excluding hydrogens is 222 g/mol. The molecule has 0 aliphatic carbocycles. The number of likely N-dealkylation sites (N-methyl/N-ethyl adjacent to an activating group) is 1. The first-order chi connectivity index (χ1) is 8.38. The summed E-state index contributed by atoms with van der Waals surface area (Å²) in [7, 11) is 1.99. The molecule has 0 bridgehead atoms. The minimum absolute atomic E-state index is 0.0874. The van der Waals surface area contributed by atoms with E-state index < -0.39 is 0 Å². The van der Waals surface area contributed by atoms with E-state index in [1.165, 1.54) is 16.8 Å². The topological polar surface area (TPSA) is 29.9 Å². The summed E-state index contributed by atoms with van der Waals surface area (Å²) in [6.45, 7) is 12.9. The van der Waals surface area contributed by atoms with Gasteiger partial charge in [-0.2, -0.15) is 5.10 Å². The summed E-state index contributed by atoms with van der Waals surface area (Å²) in [6, 6.07) is 0. The highest BCUT2D eigenvalue weighted by Gasteiger charge is 2.20. The zero-order valence-electron chi connectivity index (χ0n) is 12.7. The van der Waals surface area contributed by atoms with Crippen LogP contribution >= 0.6 is 0 Å². The van der Waals surface area contributed by atoms with E-state index in [1.807, 2.05) is 11.7 Å². The number of aryl methyl sites for hydroxylation is 1. The maximum absolute atomic E-state index is 4.60. The van der Waals surface area contributed by atoms with Crippen LogP contribution in [-0.2, 0) is 12.5 Å². The van der Waals surface area contributed by atoms with Gasteiger partial charge in [0.15, 0.2) is 0 Å². The molecule has 0 radical (unpaired) electrons. The quantitative estimate of drug-likeness (QED) is 0.869. The average molecular weight is 249 g/mol. The first-order valence-corrected chi connectivity index (χ1v) is 6.82. The molecule has 0 saturated carbocycles. The van der Waals surface area contributed by atoms with E-state index in [4.69, 9.17) is 0 Å². The molecule has 1 heterocycles. The first-order valence-electron chi connectivity index (χ1n) is 6.82. The summed E-state index contributed by atoms with van der Waals surface area (Å²) in [5.74, 6) is 0. The highest BCUT2D eigenvalue weighted by Crippen LogP contribution is 2.26. The summed E-state index contributed by atoms with van der Waals surface area (Å²) in [4.78, 5) is 0. The fraction of sp³-hybridized carbons (Fsp3) is 0.667. The van der Waals surface area contributed by atoms with Crippen LogP contribution in [0.4, 0.5) is 0 Å². The molecule has 1 aromatic heterocycles. The number of rotatable bonds is 5. The van der Waals surface area contributed by atoms with E-state index in [9.17, 15) is 0 Å². The van der Waals surface area contributed by atoms with Crippen LogP contribution in [-0.4, -0.2) is 22.9 Å². The fourth-order valence-corrected chi connectivity index (χ4v) is 1.98. The summed E-state index contributed by atoms with van der Waals surface area (Å²) < 4.78 is 1.91. The minimum Gasteiger partial charge on any atom is -0.313 e. The lowest BCUT2D eigenvalue weighted by atomic mass is 9.89. The van der Waals surface area contributed by atoms with Crippen molar-refractivity contribution in [2.45, 2.75) is 46.5 Å². The number of aromatic nitrogens is 2. The van der Waals surface area contributed by atoms with Gasteiger partial charge in [0, 0.05) is 30.8 Å². The number of hydrogen-bond donors (Lipinski definition) is 1. The van der Waals surface area contributed by atoms with Gasteiger partial charge in [-0.1, -0.05) is 46.3 Å². The Morgan fingerprint density at radius 3 is 2.56 bits per heavy atom. The van der Waals surface area contributed by atoms with E-state index in [0.29, 0.717) is 0 Å². The Morgan fingerprint density at radius 1 is 1.39 bits per heavy atom. The predicted octanol–water partition coefficient (Wildman–Crippen LogP) is 3.12. The van der Waals surface area contributed by atoms with Gasteiger partial charge in [0.25, 0.3) is 0 Å². The molecule has 1 rings (SSSR count). The highest BCUT2D eigenvalue weighted by atomic mass is 15.3. The Balaban J connectivity index is 3.04. The van der Waals surface area contributed by atoms with E-state index in [1.54, 1.807) is 0 Å². The zero-order chi connectivity index (χ0) is 13.8. The third-order valence-electron chi connectivity index (χ3n) is 2.98. The van der Waals surface area contributed by atoms with Crippen LogP contribution in [0.2, 0.25) is 0 Å². The fourth-order valence-electron chi connectivity index (χ4n) is 1.98. The van der Waals surface area contributed by atoms with Gasteiger partial charge in [-0.25, -0.2) is 0 Å². The minimum atomic E-state index is 0.0874. The van der Waals surface area contributed by atoms with Crippen molar-refractivity contribution in [3.63, 3.8) is 0 Å². The molecule has 0 fully saturated rings. The second-order valence-corrected chi connectivity index (χ2v) is 5.79. The van der Waals surface area contributed by atoms with Crippen molar-refractivity contribution in [3.05, 3.63) is 23.0 Å². The molecule has 0 saturated heterocycles. The molecule has 0 aliphatic heterocycles. The Labute approximate surface area is 111 Å². The van der Waals surface area contributed by atoms with Crippen LogP contribution in [0.1, 0.15) is 52.3 Å². The van der Waals surface area contributed by atoms with Gasteiger partial charge in [-0.05, 0) is 13.0 Å². The smallest absolute Gasteiger partial charge is 0.0750 e. The molecular formula is C15H27N3. The molecule has 3 nitrogen and oxygen atoms in total. The van der Waals surface area contributed by atoms with E-state index >= 15 is 0 Å². The predicted molar refractivity (Wildman–Crippen MR) is 78.7 cm³/mol. The van der Waals surface area contributed by atoms with Crippen LogP contribution in [0.5, 0.6) is 0 Å². The van der Waals surface area contributed by atoms with Gasteiger partial charge in [-0.3, -0.25) is 4.68 Å². The maximum Gasteiger partial charge on any atom is 0.0750 e. The monoisotopic (exact) mass is 249 g/mol. The van der Waals surface area contributed by atoms with E-state index in [2.05, 4.69) is 57.3 Å². The molecule has 0 amide bonds. The second-order valence-electron chi connectivity index (χ2n) is 5.79. The lowest BCUT2D eigenvalue weighted by Crippen LogP contribution is -2.16. The normalized spacial score (nSPS) is 13.1. The largest absolute Gasteiger partial charge is 0.313 e. The van der Waals surface area contributed by atoms with Gasteiger partial charge < -0.3 is 5.32 Å². The molecule has 0 atom stereocenters. The number of hydrogen-bond acceptors (Lipinski definition) is 2. The van der Waals surface area contributed by atoms with Crippen LogP contribution in [0.25, 0.3) is 6.08 Å². The molecule has 1 N–H and O–H groups in total. The molecule has 0 unspecified atom stereocenters. The van der Waals surface area contributed by atoms with Crippen molar-refractivity contribution in [1.82, 2.24) is 15.1 Å². The lowest BCUT2D eigenvalue weighted by Gasteiger charge is -2.16. The Hall–Kier alpha value is -1.09. The third-order valence-corrected chi connectivity index (χ3v) is 2.98. The molecule has 0 aromatic carbocycles. The summed E-state index contributed by atoms with van der Waals surface area (Å²) >= 11 is 0. The molecule has 102 valence electrons. The first kappa shape index (κ1) is 15.0. The van der Waals surface area contributed by atoms with Crippen molar-refractivity contribution in [2.24, 2.45) is 7.05 Å². The Morgan fingerprint density at radius 2 is 2.06 bits per heavy atom. The highest BCUT2D eigenvalue weighted by molar-refractivity contribution is 5.56. The van der Waals surface area contributed by atoms with Gasteiger partial charge >= 0.3 is 0 Å². The molecule has 1 aromatic rings. The van der Waals surface area contributed by atoms with Crippen LogP contribution in [0.15, 0.2) is 11.8 Å². The zero-order valence-corrected chi connectivity index (χ0v) is 12.7. The Kier molecular flexibility index (Phi) is 5.15. The number of nitrogens with zero attached hydrogens (tertiary/aromatic N) is 2. The van der Waals surface area contributed by atoms with Crippen molar-refractivity contribution in [1.29, 1.82) is 0 Å². The van der Waals surface area contributed by atoms with Crippen LogP contribution in [0, 0.1) is 0 Å². The standard InChI is InChI=1S/C15H27N3/c1-7-12(10-16-8-2)9-13-11-18(6)17-14(13)15(3,4)5/h9,11,16H,7-8,10H2,1-6H3. The maximum atomic E-state index is 4.60. The SMILES string of the molecule is CCNCC(=Cc1cn(C)nc1C(C)(C)C)CC.